The smallest absolute Gasteiger partial charge is 0.410 e. The predicted molar refractivity (Wildman–Crippen MR) is 95.3 cm³/mol. The number of esters is 1. The highest BCUT2D eigenvalue weighted by Crippen LogP contribution is 2.23. The third-order valence-electron chi connectivity index (χ3n) is 3.95. The number of nitrogens with zero attached hydrogens (tertiary/aromatic N) is 1. The van der Waals surface area contributed by atoms with Gasteiger partial charge < -0.3 is 23.8 Å². The quantitative estimate of drug-likeness (QED) is 0.747. The number of carbonyl (C=O) groups is 2. The highest BCUT2D eigenvalue weighted by atomic mass is 16.6. The number of amides is 1. The number of carbonyl (C=O) groups excluding carboxylic acids is 2. The molecule has 1 heterocycles. The molecule has 144 valence electrons. The summed E-state index contributed by atoms with van der Waals surface area (Å²) in [5.74, 6) is -0.00197. The Kier molecular flexibility index (Phi) is 6.47. The molecule has 1 aliphatic rings. The van der Waals surface area contributed by atoms with Gasteiger partial charge in [-0.3, -0.25) is 0 Å². The summed E-state index contributed by atoms with van der Waals surface area (Å²) in [6, 6.07) is 5.22. The van der Waals surface area contributed by atoms with E-state index in [1.54, 1.807) is 23.1 Å². The van der Waals surface area contributed by atoms with Crippen LogP contribution in [0.1, 0.15) is 43.1 Å². The second kappa shape index (κ2) is 8.40. The van der Waals surface area contributed by atoms with Gasteiger partial charge in [0.1, 0.15) is 16.9 Å². The van der Waals surface area contributed by atoms with Crippen LogP contribution in [0, 0.1) is 0 Å². The molecule has 1 aromatic carbocycles. The monoisotopic (exact) mass is 365 g/mol. The van der Waals surface area contributed by atoms with Crippen molar-refractivity contribution in [2.24, 2.45) is 0 Å². The zero-order valence-corrected chi connectivity index (χ0v) is 16.0. The van der Waals surface area contributed by atoms with Crippen LogP contribution in [0.2, 0.25) is 0 Å². The zero-order valence-electron chi connectivity index (χ0n) is 16.0. The van der Waals surface area contributed by atoms with Crippen molar-refractivity contribution < 1.29 is 28.5 Å². The van der Waals surface area contributed by atoms with E-state index >= 15 is 0 Å². The van der Waals surface area contributed by atoms with Gasteiger partial charge in [-0.05, 0) is 44.9 Å². The van der Waals surface area contributed by atoms with Crippen molar-refractivity contribution in [3.63, 3.8) is 0 Å². The van der Waals surface area contributed by atoms with E-state index in [0.717, 1.165) is 12.0 Å². The molecule has 7 nitrogen and oxygen atoms in total. The molecule has 1 atom stereocenters. The number of likely N-dealkylation sites (tertiary alicyclic amines) is 1. The molecule has 0 saturated carbocycles. The fourth-order valence-electron chi connectivity index (χ4n) is 2.67. The second-order valence-electron chi connectivity index (χ2n) is 7.17. The largest absolute Gasteiger partial charge is 0.496 e. The van der Waals surface area contributed by atoms with Crippen molar-refractivity contribution in [1.29, 1.82) is 0 Å². The third kappa shape index (κ3) is 5.36. The molecule has 0 aromatic heterocycles. The van der Waals surface area contributed by atoms with Gasteiger partial charge in [0.2, 0.25) is 0 Å². The Morgan fingerprint density at radius 2 is 1.96 bits per heavy atom. The van der Waals surface area contributed by atoms with Crippen molar-refractivity contribution in [3.05, 3.63) is 29.3 Å². The van der Waals surface area contributed by atoms with Gasteiger partial charge in [-0.1, -0.05) is 6.07 Å². The molecule has 26 heavy (non-hydrogen) atoms. The lowest BCUT2D eigenvalue weighted by molar-refractivity contribution is 0.0184. The van der Waals surface area contributed by atoms with Gasteiger partial charge in [0.05, 0.1) is 33.5 Å². The molecule has 0 unspecified atom stereocenters. The number of hydrogen-bond donors (Lipinski definition) is 0. The van der Waals surface area contributed by atoms with Crippen LogP contribution in [0.3, 0.4) is 0 Å². The molecular weight excluding hydrogens is 338 g/mol. The minimum absolute atomic E-state index is 0.0474. The van der Waals surface area contributed by atoms with Crippen LogP contribution in [0.5, 0.6) is 5.75 Å². The minimum Gasteiger partial charge on any atom is -0.496 e. The van der Waals surface area contributed by atoms with E-state index in [1.807, 2.05) is 20.8 Å². The van der Waals surface area contributed by atoms with E-state index in [1.165, 1.54) is 14.2 Å². The van der Waals surface area contributed by atoms with E-state index in [9.17, 15) is 9.59 Å². The SMILES string of the molecule is COC(=O)c1ccc(CO[C@@H]2CCN(C(=O)OC(C)(C)C)C2)cc1OC. The van der Waals surface area contributed by atoms with Crippen molar-refractivity contribution in [1.82, 2.24) is 4.90 Å². The molecular formula is C19H27NO6. The average Bonchev–Trinajstić information content (AvgIpc) is 3.06. The van der Waals surface area contributed by atoms with E-state index < -0.39 is 11.6 Å². The Bertz CT molecular complexity index is 652. The van der Waals surface area contributed by atoms with Crippen LogP contribution in [-0.4, -0.2) is 56.0 Å². The van der Waals surface area contributed by atoms with E-state index in [2.05, 4.69) is 0 Å². The van der Waals surface area contributed by atoms with E-state index in [0.29, 0.717) is 31.0 Å². The predicted octanol–water partition coefficient (Wildman–Crippen LogP) is 3.01. The maximum Gasteiger partial charge on any atom is 0.410 e. The Hall–Kier alpha value is -2.28. The summed E-state index contributed by atoms with van der Waals surface area (Å²) < 4.78 is 21.3. The summed E-state index contributed by atoms with van der Waals surface area (Å²) in [5.41, 5.74) is 0.745. The number of benzene rings is 1. The van der Waals surface area contributed by atoms with Crippen LogP contribution in [0.25, 0.3) is 0 Å². The van der Waals surface area contributed by atoms with Crippen LogP contribution in [-0.2, 0) is 20.8 Å². The van der Waals surface area contributed by atoms with Crippen LogP contribution in [0.15, 0.2) is 18.2 Å². The van der Waals surface area contributed by atoms with Gasteiger partial charge >= 0.3 is 12.1 Å². The molecule has 1 amide bonds. The highest BCUT2D eigenvalue weighted by Gasteiger charge is 2.30. The van der Waals surface area contributed by atoms with Crippen molar-refractivity contribution in [2.75, 3.05) is 27.3 Å². The standard InChI is InChI=1S/C19H27NO6/c1-19(2,3)26-18(22)20-9-8-14(11-20)25-12-13-6-7-15(17(21)24-5)16(10-13)23-4/h6-7,10,14H,8-9,11-12H2,1-5H3/t14-/m1/s1. The van der Waals surface area contributed by atoms with E-state index in [-0.39, 0.29) is 12.2 Å². The number of hydrogen-bond acceptors (Lipinski definition) is 6. The molecule has 2 rings (SSSR count). The molecule has 1 fully saturated rings. The summed E-state index contributed by atoms with van der Waals surface area (Å²) in [7, 11) is 2.83. The van der Waals surface area contributed by atoms with Gasteiger partial charge in [-0.15, -0.1) is 0 Å². The normalized spacial score (nSPS) is 17.1. The molecule has 0 N–H and O–H groups in total. The van der Waals surface area contributed by atoms with Crippen molar-refractivity contribution >= 4 is 12.1 Å². The maximum absolute atomic E-state index is 12.1. The summed E-state index contributed by atoms with van der Waals surface area (Å²) in [6.07, 6.45) is 0.401. The van der Waals surface area contributed by atoms with E-state index in [4.69, 9.17) is 18.9 Å². The number of rotatable bonds is 5. The molecule has 1 saturated heterocycles. The molecule has 7 heteroatoms. The molecule has 0 radical (unpaired) electrons. The van der Waals surface area contributed by atoms with Gasteiger partial charge in [-0.2, -0.15) is 0 Å². The Morgan fingerprint density at radius 1 is 1.23 bits per heavy atom. The molecule has 0 spiro atoms. The highest BCUT2D eigenvalue weighted by molar-refractivity contribution is 5.92. The summed E-state index contributed by atoms with van der Waals surface area (Å²) in [4.78, 5) is 25.4. The first-order valence-corrected chi connectivity index (χ1v) is 8.58. The van der Waals surface area contributed by atoms with Crippen LogP contribution < -0.4 is 4.74 Å². The van der Waals surface area contributed by atoms with Crippen molar-refractivity contribution in [2.45, 2.75) is 45.5 Å². The maximum atomic E-state index is 12.1. The first-order valence-electron chi connectivity index (χ1n) is 8.58. The average molecular weight is 365 g/mol. The summed E-state index contributed by atoms with van der Waals surface area (Å²) in [6.45, 7) is 7.03. The molecule has 0 bridgehead atoms. The topological polar surface area (TPSA) is 74.3 Å². The van der Waals surface area contributed by atoms with Gasteiger partial charge in [0.15, 0.2) is 0 Å². The lowest BCUT2D eigenvalue weighted by Crippen LogP contribution is -2.36. The first kappa shape index (κ1) is 20.0. The van der Waals surface area contributed by atoms with Crippen LogP contribution >= 0.6 is 0 Å². The fourth-order valence-corrected chi connectivity index (χ4v) is 2.67. The molecule has 1 aromatic rings. The Balaban J connectivity index is 1.90. The zero-order chi connectivity index (χ0) is 19.3. The van der Waals surface area contributed by atoms with Gasteiger partial charge in [-0.25, -0.2) is 9.59 Å². The lowest BCUT2D eigenvalue weighted by Gasteiger charge is -2.24. The van der Waals surface area contributed by atoms with Crippen molar-refractivity contribution in [3.8, 4) is 5.75 Å². The summed E-state index contributed by atoms with van der Waals surface area (Å²) in [5, 5.41) is 0. The third-order valence-corrected chi connectivity index (χ3v) is 3.95. The minimum atomic E-state index is -0.506. The van der Waals surface area contributed by atoms with Crippen LogP contribution in [0.4, 0.5) is 4.79 Å². The fraction of sp³-hybridized carbons (Fsp3) is 0.579. The lowest BCUT2D eigenvalue weighted by atomic mass is 10.1. The van der Waals surface area contributed by atoms with Gasteiger partial charge in [0, 0.05) is 6.54 Å². The summed E-state index contributed by atoms with van der Waals surface area (Å²) >= 11 is 0. The number of ether oxygens (including phenoxy) is 4. The van der Waals surface area contributed by atoms with Gasteiger partial charge in [0.25, 0.3) is 0 Å². The Labute approximate surface area is 154 Å². The molecule has 1 aliphatic heterocycles. The first-order chi connectivity index (χ1) is 12.2. The Morgan fingerprint density at radius 3 is 2.58 bits per heavy atom. The number of methoxy groups -OCH3 is 2. The second-order valence-corrected chi connectivity index (χ2v) is 7.17. The molecule has 0 aliphatic carbocycles.